The predicted molar refractivity (Wildman–Crippen MR) is 88.3 cm³/mol. The lowest BCUT2D eigenvalue weighted by Crippen LogP contribution is -2.33. The van der Waals surface area contributed by atoms with Gasteiger partial charge in [-0.3, -0.25) is 5.32 Å². The molecule has 0 bridgehead atoms. The highest BCUT2D eigenvalue weighted by Gasteiger charge is 2.35. The van der Waals surface area contributed by atoms with Gasteiger partial charge in [-0.05, 0) is 25.2 Å². The third-order valence-corrected chi connectivity index (χ3v) is 5.29. The number of aryl methyl sites for hydroxylation is 1. The van der Waals surface area contributed by atoms with Gasteiger partial charge in [-0.1, -0.05) is 24.7 Å². The highest BCUT2D eigenvalue weighted by atomic mass is 32.1. The van der Waals surface area contributed by atoms with Crippen LogP contribution in [0, 0.1) is 5.92 Å². The van der Waals surface area contributed by atoms with Crippen molar-refractivity contribution in [3.8, 4) is 0 Å². The number of urea groups is 1. The van der Waals surface area contributed by atoms with Crippen molar-refractivity contribution in [2.45, 2.75) is 45.1 Å². The van der Waals surface area contributed by atoms with Crippen LogP contribution in [0.15, 0.2) is 11.6 Å². The number of amides is 2. The van der Waals surface area contributed by atoms with E-state index in [4.69, 9.17) is 0 Å². The number of carbonyl (C=O) groups excluding carboxylic acids is 1. The van der Waals surface area contributed by atoms with E-state index in [-0.39, 0.29) is 12.1 Å². The monoisotopic (exact) mass is 337 g/mol. The largest absolute Gasteiger partial charge is 0.328 e. The predicted octanol–water partition coefficient (Wildman–Crippen LogP) is 3.61. The number of anilines is 1. The number of nitrogens with zero attached hydrogens (tertiary/aromatic N) is 3. The summed E-state index contributed by atoms with van der Waals surface area (Å²) in [5.74, 6) is 0.506. The molecule has 1 saturated carbocycles. The van der Waals surface area contributed by atoms with Crippen LogP contribution in [0.3, 0.4) is 0 Å². The van der Waals surface area contributed by atoms with Crippen LogP contribution < -0.4 is 10.6 Å². The van der Waals surface area contributed by atoms with Crippen molar-refractivity contribution in [2.24, 2.45) is 5.92 Å². The van der Waals surface area contributed by atoms with Crippen molar-refractivity contribution in [2.75, 3.05) is 5.32 Å². The first-order valence-electron chi connectivity index (χ1n) is 7.55. The zero-order chi connectivity index (χ0) is 15.4. The van der Waals surface area contributed by atoms with E-state index >= 15 is 0 Å². The summed E-state index contributed by atoms with van der Waals surface area (Å²) >= 11 is 3.02. The summed E-state index contributed by atoms with van der Waals surface area (Å²) in [4.78, 5) is 16.5. The molecule has 0 spiro atoms. The zero-order valence-corrected chi connectivity index (χ0v) is 14.0. The number of rotatable bonds is 7. The fraction of sp³-hybridized carbons (Fsp3) is 0.571. The Balaban J connectivity index is 1.56. The highest BCUT2D eigenvalue weighted by molar-refractivity contribution is 7.15. The molecule has 0 aliphatic heterocycles. The Bertz CT molecular complexity index is 609. The standard InChI is InChI=1S/C14H19N5OS2/c1-2-3-4-10-18-19-14(22-10)17-13(20)16-11(9-5-6-9)12-15-7-8-21-12/h7-9,11H,2-6H2,1H3,(H2,16,17,19,20)/t11-/m0/s1. The SMILES string of the molecule is CCCCc1nnc(NC(=O)N[C@H](c2nccs2)C2CC2)s1. The molecule has 0 saturated heterocycles. The molecule has 3 rings (SSSR count). The summed E-state index contributed by atoms with van der Waals surface area (Å²) in [6, 6.07) is -0.224. The maximum atomic E-state index is 12.2. The van der Waals surface area contributed by atoms with E-state index in [1.807, 2.05) is 5.38 Å². The van der Waals surface area contributed by atoms with Crippen LogP contribution in [-0.2, 0) is 6.42 Å². The summed E-state index contributed by atoms with van der Waals surface area (Å²) in [5, 5.41) is 18.4. The first kappa shape index (κ1) is 15.4. The number of nitrogens with one attached hydrogen (secondary N) is 2. The first-order valence-corrected chi connectivity index (χ1v) is 9.25. The Hall–Kier alpha value is -1.54. The van der Waals surface area contributed by atoms with Crippen molar-refractivity contribution in [3.05, 3.63) is 21.6 Å². The molecule has 1 aliphatic carbocycles. The Kier molecular flexibility index (Phi) is 4.99. The van der Waals surface area contributed by atoms with E-state index in [2.05, 4.69) is 32.7 Å². The molecule has 2 aromatic heterocycles. The van der Waals surface area contributed by atoms with Crippen LogP contribution in [0.1, 0.15) is 48.7 Å². The molecule has 1 aliphatic rings. The van der Waals surface area contributed by atoms with Gasteiger partial charge in [0.2, 0.25) is 5.13 Å². The van der Waals surface area contributed by atoms with E-state index in [1.165, 1.54) is 11.3 Å². The molecule has 2 heterocycles. The van der Waals surface area contributed by atoms with Gasteiger partial charge < -0.3 is 5.32 Å². The fourth-order valence-electron chi connectivity index (χ4n) is 2.21. The van der Waals surface area contributed by atoms with Gasteiger partial charge in [0.1, 0.15) is 10.0 Å². The van der Waals surface area contributed by atoms with Gasteiger partial charge >= 0.3 is 6.03 Å². The smallest absolute Gasteiger partial charge is 0.321 e. The fourth-order valence-corrected chi connectivity index (χ4v) is 3.76. The van der Waals surface area contributed by atoms with E-state index in [1.54, 1.807) is 17.5 Å². The minimum Gasteiger partial charge on any atom is -0.328 e. The third-order valence-electron chi connectivity index (χ3n) is 3.53. The zero-order valence-electron chi connectivity index (χ0n) is 12.4. The molecular formula is C14H19N5OS2. The molecule has 6 nitrogen and oxygen atoms in total. The minimum absolute atomic E-state index is 0.00693. The van der Waals surface area contributed by atoms with Crippen LogP contribution in [0.2, 0.25) is 0 Å². The molecule has 2 N–H and O–H groups in total. The molecule has 118 valence electrons. The Labute approximate surface area is 137 Å². The maximum Gasteiger partial charge on any atom is 0.321 e. The summed E-state index contributed by atoms with van der Waals surface area (Å²) in [5.41, 5.74) is 0. The van der Waals surface area contributed by atoms with Crippen molar-refractivity contribution in [1.29, 1.82) is 0 Å². The number of carbonyl (C=O) groups is 1. The van der Waals surface area contributed by atoms with Crippen LogP contribution in [0.5, 0.6) is 0 Å². The second-order valence-corrected chi connectivity index (χ2v) is 7.38. The summed E-state index contributed by atoms with van der Waals surface area (Å²) in [6.45, 7) is 2.14. The molecule has 0 aromatic carbocycles. The average molecular weight is 337 g/mol. The average Bonchev–Trinajstić information content (AvgIpc) is 3.02. The van der Waals surface area contributed by atoms with Crippen LogP contribution in [0.4, 0.5) is 9.93 Å². The lowest BCUT2D eigenvalue weighted by atomic mass is 10.2. The molecule has 2 amide bonds. The quantitative estimate of drug-likeness (QED) is 0.809. The second-order valence-electron chi connectivity index (χ2n) is 5.39. The molecule has 8 heteroatoms. The number of hydrogen-bond acceptors (Lipinski definition) is 6. The minimum atomic E-state index is -0.231. The highest BCUT2D eigenvalue weighted by Crippen LogP contribution is 2.41. The summed E-state index contributed by atoms with van der Waals surface area (Å²) in [7, 11) is 0. The van der Waals surface area contributed by atoms with Gasteiger partial charge in [0.25, 0.3) is 0 Å². The van der Waals surface area contributed by atoms with Gasteiger partial charge in [0.15, 0.2) is 0 Å². The van der Waals surface area contributed by atoms with Gasteiger partial charge in [-0.2, -0.15) is 0 Å². The molecule has 0 radical (unpaired) electrons. The third kappa shape index (κ3) is 4.01. The maximum absolute atomic E-state index is 12.2. The molecule has 0 unspecified atom stereocenters. The number of unbranched alkanes of at least 4 members (excludes halogenated alkanes) is 1. The Morgan fingerprint density at radius 1 is 1.45 bits per heavy atom. The first-order chi connectivity index (χ1) is 10.8. The van der Waals surface area contributed by atoms with Crippen LogP contribution >= 0.6 is 22.7 Å². The number of thiazole rings is 1. The summed E-state index contributed by atoms with van der Waals surface area (Å²) < 4.78 is 0. The molecule has 22 heavy (non-hydrogen) atoms. The van der Waals surface area contributed by atoms with Gasteiger partial charge in [0.05, 0.1) is 6.04 Å². The lowest BCUT2D eigenvalue weighted by molar-refractivity contribution is 0.247. The molecular weight excluding hydrogens is 318 g/mol. The normalized spacial score (nSPS) is 15.5. The van der Waals surface area contributed by atoms with Crippen LogP contribution in [-0.4, -0.2) is 21.2 Å². The van der Waals surface area contributed by atoms with Crippen LogP contribution in [0.25, 0.3) is 0 Å². The van der Waals surface area contributed by atoms with E-state index < -0.39 is 0 Å². The van der Waals surface area contributed by atoms with Gasteiger partial charge in [0, 0.05) is 18.0 Å². The van der Waals surface area contributed by atoms with Gasteiger partial charge in [-0.15, -0.1) is 21.5 Å². The summed E-state index contributed by atoms with van der Waals surface area (Å²) in [6.07, 6.45) is 7.20. The van der Waals surface area contributed by atoms with E-state index in [0.29, 0.717) is 11.0 Å². The Morgan fingerprint density at radius 3 is 3.00 bits per heavy atom. The van der Waals surface area contributed by atoms with Crippen molar-refractivity contribution < 1.29 is 4.79 Å². The molecule has 1 fully saturated rings. The van der Waals surface area contributed by atoms with E-state index in [9.17, 15) is 4.79 Å². The molecule has 2 aromatic rings. The van der Waals surface area contributed by atoms with Crippen molar-refractivity contribution in [1.82, 2.24) is 20.5 Å². The number of hydrogen-bond donors (Lipinski definition) is 2. The van der Waals surface area contributed by atoms with Gasteiger partial charge in [-0.25, -0.2) is 9.78 Å². The molecule has 1 atom stereocenters. The van der Waals surface area contributed by atoms with Crippen molar-refractivity contribution in [3.63, 3.8) is 0 Å². The Morgan fingerprint density at radius 2 is 2.32 bits per heavy atom. The topological polar surface area (TPSA) is 79.8 Å². The second kappa shape index (κ2) is 7.15. The van der Waals surface area contributed by atoms with Crippen molar-refractivity contribution >= 4 is 33.8 Å². The van der Waals surface area contributed by atoms with E-state index in [0.717, 1.165) is 42.1 Å². The number of aromatic nitrogens is 3. The lowest BCUT2D eigenvalue weighted by Gasteiger charge is -2.15.